The lowest BCUT2D eigenvalue weighted by Gasteiger charge is -2.31. The summed E-state index contributed by atoms with van der Waals surface area (Å²) in [7, 11) is 1.56. The maximum absolute atomic E-state index is 13.3. The number of carbonyl (C=O) groups is 2. The van der Waals surface area contributed by atoms with Crippen LogP contribution in [-0.4, -0.2) is 79.2 Å². The summed E-state index contributed by atoms with van der Waals surface area (Å²) in [6.45, 7) is 5.79. The van der Waals surface area contributed by atoms with E-state index in [0.717, 1.165) is 30.8 Å². The smallest absolute Gasteiger partial charge is 0.295 e. The van der Waals surface area contributed by atoms with Crippen molar-refractivity contribution in [1.29, 1.82) is 0 Å². The molecule has 0 saturated carbocycles. The van der Waals surface area contributed by atoms with Crippen molar-refractivity contribution >= 4 is 17.4 Å². The molecule has 0 aromatic heterocycles. The van der Waals surface area contributed by atoms with Crippen molar-refractivity contribution in [2.24, 2.45) is 0 Å². The SMILES string of the molecule is COc1ccccc1C1/C(=C(\O)c2ccc3c(c2)CC(C)O3)C(=O)C(=O)N1CCN1CCOCC1. The molecule has 1 amide bonds. The lowest BCUT2D eigenvalue weighted by molar-refractivity contribution is -0.140. The zero-order valence-corrected chi connectivity index (χ0v) is 20.0. The van der Waals surface area contributed by atoms with E-state index in [4.69, 9.17) is 14.2 Å². The molecule has 0 bridgehead atoms. The van der Waals surface area contributed by atoms with Crippen LogP contribution < -0.4 is 9.47 Å². The fourth-order valence-electron chi connectivity index (χ4n) is 5.13. The van der Waals surface area contributed by atoms with Gasteiger partial charge < -0.3 is 24.2 Å². The molecular weight excluding hydrogens is 448 g/mol. The second-order valence-electron chi connectivity index (χ2n) is 9.14. The van der Waals surface area contributed by atoms with Crippen LogP contribution in [0.1, 0.15) is 29.7 Å². The molecule has 8 heteroatoms. The fourth-order valence-corrected chi connectivity index (χ4v) is 5.13. The highest BCUT2D eigenvalue weighted by Gasteiger charge is 2.47. The molecule has 8 nitrogen and oxygen atoms in total. The number of nitrogens with zero attached hydrogens (tertiary/aromatic N) is 2. The van der Waals surface area contributed by atoms with Crippen LogP contribution in [0.4, 0.5) is 0 Å². The van der Waals surface area contributed by atoms with Crippen LogP contribution in [0, 0.1) is 0 Å². The Bertz CT molecular complexity index is 1170. The zero-order chi connectivity index (χ0) is 24.5. The third-order valence-electron chi connectivity index (χ3n) is 6.90. The van der Waals surface area contributed by atoms with Gasteiger partial charge in [0.1, 0.15) is 23.4 Å². The Balaban J connectivity index is 1.56. The maximum atomic E-state index is 13.3. The lowest BCUT2D eigenvalue weighted by atomic mass is 9.94. The van der Waals surface area contributed by atoms with Gasteiger partial charge in [-0.25, -0.2) is 0 Å². The molecule has 3 aliphatic rings. The number of hydrogen-bond acceptors (Lipinski definition) is 7. The fraction of sp³-hybridized carbons (Fsp3) is 0.407. The van der Waals surface area contributed by atoms with Crippen LogP contribution in [0.5, 0.6) is 11.5 Å². The van der Waals surface area contributed by atoms with E-state index < -0.39 is 17.7 Å². The van der Waals surface area contributed by atoms with Gasteiger partial charge in [-0.3, -0.25) is 14.5 Å². The number of aliphatic hydroxyl groups is 1. The van der Waals surface area contributed by atoms with Crippen molar-refractivity contribution in [3.05, 3.63) is 64.7 Å². The van der Waals surface area contributed by atoms with E-state index in [0.29, 0.717) is 43.2 Å². The number of morpholine rings is 1. The standard InChI is InChI=1S/C27H30N2O6/c1-17-15-19-16-18(7-8-21(19)35-17)25(30)23-24(20-5-3-4-6-22(20)33-2)29(27(32)26(23)31)10-9-28-11-13-34-14-12-28/h3-8,16-17,24,30H,9-15H2,1-2H3/b25-23+. The topological polar surface area (TPSA) is 88.5 Å². The number of methoxy groups -OCH3 is 1. The number of likely N-dealkylation sites (tertiary alicyclic amines) is 1. The van der Waals surface area contributed by atoms with Gasteiger partial charge in [-0.2, -0.15) is 0 Å². The number of fused-ring (bicyclic) bond motifs is 1. The summed E-state index contributed by atoms with van der Waals surface area (Å²) in [5.74, 6) is -0.158. The Labute approximate surface area is 204 Å². The minimum atomic E-state index is -0.754. The van der Waals surface area contributed by atoms with Gasteiger partial charge in [-0.05, 0) is 36.8 Å². The molecule has 2 fully saturated rings. The molecule has 3 heterocycles. The molecule has 2 unspecified atom stereocenters. The molecule has 2 atom stereocenters. The molecular formula is C27H30N2O6. The summed E-state index contributed by atoms with van der Waals surface area (Å²) in [4.78, 5) is 30.4. The van der Waals surface area contributed by atoms with Gasteiger partial charge in [0.2, 0.25) is 0 Å². The third kappa shape index (κ3) is 4.39. The number of ketones is 1. The second-order valence-corrected chi connectivity index (χ2v) is 9.14. The highest BCUT2D eigenvalue weighted by molar-refractivity contribution is 6.46. The maximum Gasteiger partial charge on any atom is 0.295 e. The van der Waals surface area contributed by atoms with Crippen molar-refractivity contribution < 1.29 is 28.9 Å². The Kier molecular flexibility index (Phi) is 6.49. The summed E-state index contributed by atoms with van der Waals surface area (Å²) >= 11 is 0. The van der Waals surface area contributed by atoms with Crippen LogP contribution >= 0.6 is 0 Å². The zero-order valence-electron chi connectivity index (χ0n) is 20.0. The number of amides is 1. The van der Waals surface area contributed by atoms with E-state index in [-0.39, 0.29) is 17.4 Å². The molecule has 35 heavy (non-hydrogen) atoms. The van der Waals surface area contributed by atoms with E-state index in [1.807, 2.05) is 31.2 Å². The number of ether oxygens (including phenoxy) is 3. The highest BCUT2D eigenvalue weighted by Crippen LogP contribution is 2.43. The first-order valence-electron chi connectivity index (χ1n) is 12.0. The molecule has 0 radical (unpaired) electrons. The minimum absolute atomic E-state index is 0.0572. The van der Waals surface area contributed by atoms with Gasteiger partial charge in [0.15, 0.2) is 0 Å². The third-order valence-corrected chi connectivity index (χ3v) is 6.90. The lowest BCUT2D eigenvalue weighted by Crippen LogP contribution is -2.42. The summed E-state index contributed by atoms with van der Waals surface area (Å²) in [5.41, 5.74) is 2.20. The van der Waals surface area contributed by atoms with Crippen LogP contribution in [0.2, 0.25) is 0 Å². The largest absolute Gasteiger partial charge is 0.507 e. The number of hydrogen-bond donors (Lipinski definition) is 1. The van der Waals surface area contributed by atoms with Crippen LogP contribution in [0.15, 0.2) is 48.0 Å². The molecule has 3 aliphatic heterocycles. The van der Waals surface area contributed by atoms with Crippen LogP contribution in [0.25, 0.3) is 5.76 Å². The first-order chi connectivity index (χ1) is 17.0. The Morgan fingerprint density at radius 1 is 1.11 bits per heavy atom. The van der Waals surface area contributed by atoms with E-state index in [9.17, 15) is 14.7 Å². The van der Waals surface area contributed by atoms with E-state index in [2.05, 4.69) is 4.90 Å². The average Bonchev–Trinajstić information content (AvgIpc) is 3.38. The normalized spacial score (nSPS) is 23.9. The molecule has 0 aliphatic carbocycles. The Morgan fingerprint density at radius 2 is 1.89 bits per heavy atom. The van der Waals surface area contributed by atoms with E-state index in [1.165, 1.54) is 0 Å². The van der Waals surface area contributed by atoms with E-state index >= 15 is 0 Å². The van der Waals surface area contributed by atoms with Gasteiger partial charge in [-0.15, -0.1) is 0 Å². The predicted octanol–water partition coefficient (Wildman–Crippen LogP) is 2.77. The summed E-state index contributed by atoms with van der Waals surface area (Å²) < 4.78 is 16.8. The average molecular weight is 479 g/mol. The molecule has 2 saturated heterocycles. The van der Waals surface area contributed by atoms with E-state index in [1.54, 1.807) is 30.2 Å². The van der Waals surface area contributed by atoms with Gasteiger partial charge in [0.05, 0.1) is 31.9 Å². The molecule has 184 valence electrons. The number of para-hydroxylation sites is 1. The quantitative estimate of drug-likeness (QED) is 0.388. The monoisotopic (exact) mass is 478 g/mol. The van der Waals surface area contributed by atoms with Gasteiger partial charge >= 0.3 is 0 Å². The molecule has 1 N–H and O–H groups in total. The number of rotatable bonds is 6. The Hall–Kier alpha value is -3.36. The second kappa shape index (κ2) is 9.71. The molecule has 2 aromatic rings. The predicted molar refractivity (Wildman–Crippen MR) is 129 cm³/mol. The van der Waals surface area contributed by atoms with Gasteiger partial charge in [0, 0.05) is 43.7 Å². The Morgan fingerprint density at radius 3 is 2.66 bits per heavy atom. The molecule has 0 spiro atoms. The summed E-state index contributed by atoms with van der Waals surface area (Å²) in [6.07, 6.45) is 0.780. The van der Waals surface area contributed by atoms with Gasteiger partial charge in [0.25, 0.3) is 11.7 Å². The minimum Gasteiger partial charge on any atom is -0.507 e. The van der Waals surface area contributed by atoms with Crippen molar-refractivity contribution in [3.63, 3.8) is 0 Å². The number of carbonyl (C=O) groups excluding carboxylic acids is 2. The van der Waals surface area contributed by atoms with Crippen molar-refractivity contribution in [1.82, 2.24) is 9.80 Å². The van der Waals surface area contributed by atoms with Crippen LogP contribution in [-0.2, 0) is 20.7 Å². The number of aliphatic hydroxyl groups excluding tert-OH is 1. The van der Waals surface area contributed by atoms with Crippen LogP contribution in [0.3, 0.4) is 0 Å². The van der Waals surface area contributed by atoms with Gasteiger partial charge in [-0.1, -0.05) is 18.2 Å². The summed E-state index contributed by atoms with van der Waals surface area (Å²) in [5, 5.41) is 11.4. The van der Waals surface area contributed by atoms with Crippen molar-refractivity contribution in [3.8, 4) is 11.5 Å². The first-order valence-corrected chi connectivity index (χ1v) is 12.0. The molecule has 5 rings (SSSR count). The van der Waals surface area contributed by atoms with Crippen molar-refractivity contribution in [2.45, 2.75) is 25.5 Å². The number of benzene rings is 2. The highest BCUT2D eigenvalue weighted by atomic mass is 16.5. The number of Topliss-reactive ketones (excluding diaryl/α,β-unsaturated/α-hetero) is 1. The molecule has 2 aromatic carbocycles. The summed E-state index contributed by atoms with van der Waals surface area (Å²) in [6, 6.07) is 11.9. The first kappa shape index (κ1) is 23.4. The van der Waals surface area contributed by atoms with Crippen molar-refractivity contribution in [2.75, 3.05) is 46.5 Å².